The lowest BCUT2D eigenvalue weighted by molar-refractivity contribution is 0.278. The van der Waals surface area contributed by atoms with Crippen LogP contribution in [0.3, 0.4) is 0 Å². The van der Waals surface area contributed by atoms with Gasteiger partial charge in [-0.3, -0.25) is 0 Å². The van der Waals surface area contributed by atoms with Crippen LogP contribution in [0.4, 0.5) is 5.69 Å². The van der Waals surface area contributed by atoms with Gasteiger partial charge < -0.3 is 19.8 Å². The topological polar surface area (TPSA) is 73.2 Å². The molecule has 2 aromatic rings. The summed E-state index contributed by atoms with van der Waals surface area (Å²) >= 11 is 0. The van der Waals surface area contributed by atoms with Crippen LogP contribution in [0.25, 0.3) is 0 Å². The minimum atomic E-state index is 0.442. The molecule has 1 aromatic heterocycles. The largest absolute Gasteiger partial charge is 0.493 e. The summed E-state index contributed by atoms with van der Waals surface area (Å²) in [6, 6.07) is 11.5. The van der Waals surface area contributed by atoms with Gasteiger partial charge >= 0.3 is 0 Å². The van der Waals surface area contributed by atoms with Crippen LogP contribution in [0.5, 0.6) is 11.5 Å². The number of hydrogen-bond donors (Lipinski definition) is 1. The van der Waals surface area contributed by atoms with Crippen molar-refractivity contribution in [3.63, 3.8) is 0 Å². The smallest absolute Gasteiger partial charge is 0.161 e. The highest BCUT2D eigenvalue weighted by atomic mass is 16.5. The minimum Gasteiger partial charge on any atom is -0.493 e. The molecule has 0 fully saturated rings. The number of anilines is 1. The maximum Gasteiger partial charge on any atom is 0.161 e. The lowest BCUT2D eigenvalue weighted by atomic mass is 10.1. The van der Waals surface area contributed by atoms with E-state index in [0.29, 0.717) is 41.9 Å². The SMILES string of the molecule is COc1ccccc1OCCn1c(C#N)cc(N)c1CCC(C)C. The standard InChI is InChI=1S/C19H25N3O2/c1-14(2)8-9-17-16(21)12-15(13-20)22(17)10-11-24-19-7-5-4-6-18(19)23-3/h4-7,12,14H,8-11,21H2,1-3H3. The molecule has 0 radical (unpaired) electrons. The Morgan fingerprint density at radius 1 is 1.25 bits per heavy atom. The van der Waals surface area contributed by atoms with Crippen molar-refractivity contribution >= 4 is 5.69 Å². The number of aromatic nitrogens is 1. The lowest BCUT2D eigenvalue weighted by Gasteiger charge is -2.14. The molecule has 1 aromatic carbocycles. The molecule has 0 bridgehead atoms. The molecule has 0 aliphatic rings. The van der Waals surface area contributed by atoms with Crippen molar-refractivity contribution in [3.05, 3.63) is 41.7 Å². The number of methoxy groups -OCH3 is 1. The van der Waals surface area contributed by atoms with Crippen LogP contribution in [0.2, 0.25) is 0 Å². The summed E-state index contributed by atoms with van der Waals surface area (Å²) in [6.45, 7) is 5.38. The number of hydrogen-bond acceptors (Lipinski definition) is 4. The molecule has 0 unspecified atom stereocenters. The number of nitrogens with zero attached hydrogens (tertiary/aromatic N) is 2. The van der Waals surface area contributed by atoms with Crippen molar-refractivity contribution in [3.8, 4) is 17.6 Å². The molecule has 0 aliphatic heterocycles. The van der Waals surface area contributed by atoms with Gasteiger partial charge in [0.05, 0.1) is 19.3 Å². The second-order valence-corrected chi connectivity index (χ2v) is 6.13. The van der Waals surface area contributed by atoms with Gasteiger partial charge in [-0.1, -0.05) is 26.0 Å². The van der Waals surface area contributed by atoms with Crippen molar-refractivity contribution in [2.24, 2.45) is 5.92 Å². The van der Waals surface area contributed by atoms with E-state index < -0.39 is 0 Å². The van der Waals surface area contributed by atoms with E-state index in [-0.39, 0.29) is 0 Å². The summed E-state index contributed by atoms with van der Waals surface area (Å²) in [5, 5.41) is 9.34. The quantitative estimate of drug-likeness (QED) is 0.803. The second kappa shape index (κ2) is 8.30. The van der Waals surface area contributed by atoms with E-state index in [2.05, 4.69) is 19.9 Å². The summed E-state index contributed by atoms with van der Waals surface area (Å²) in [7, 11) is 1.62. The van der Waals surface area contributed by atoms with Crippen molar-refractivity contribution in [2.45, 2.75) is 33.2 Å². The Kier molecular flexibility index (Phi) is 6.14. The molecule has 0 spiro atoms. The maximum absolute atomic E-state index is 9.34. The van der Waals surface area contributed by atoms with Crippen molar-refractivity contribution < 1.29 is 9.47 Å². The Labute approximate surface area is 143 Å². The summed E-state index contributed by atoms with van der Waals surface area (Å²) < 4.78 is 13.1. The molecule has 2 rings (SSSR count). The number of ether oxygens (including phenoxy) is 2. The average Bonchev–Trinajstić information content (AvgIpc) is 2.88. The zero-order valence-electron chi connectivity index (χ0n) is 14.6. The monoisotopic (exact) mass is 327 g/mol. The molecule has 128 valence electrons. The molecule has 0 saturated carbocycles. The maximum atomic E-state index is 9.34. The predicted octanol–water partition coefficient (Wildman–Crippen LogP) is 3.62. The number of nitrogens with two attached hydrogens (primary N) is 1. The van der Waals surface area contributed by atoms with Gasteiger partial charge in [0.2, 0.25) is 0 Å². The molecule has 5 heteroatoms. The Hall–Kier alpha value is -2.61. The first-order valence-corrected chi connectivity index (χ1v) is 8.20. The van der Waals surface area contributed by atoms with E-state index >= 15 is 0 Å². The first kappa shape index (κ1) is 17.7. The van der Waals surface area contributed by atoms with Crippen molar-refractivity contribution in [2.75, 3.05) is 19.5 Å². The first-order chi connectivity index (χ1) is 11.6. The molecular weight excluding hydrogens is 302 g/mol. The second-order valence-electron chi connectivity index (χ2n) is 6.13. The highest BCUT2D eigenvalue weighted by molar-refractivity contribution is 5.50. The Morgan fingerprint density at radius 3 is 2.58 bits per heavy atom. The van der Waals surface area contributed by atoms with E-state index in [0.717, 1.165) is 18.5 Å². The molecule has 0 aliphatic carbocycles. The number of nitrogen functional groups attached to an aromatic ring is 1. The predicted molar refractivity (Wildman–Crippen MR) is 95.2 cm³/mol. The van der Waals surface area contributed by atoms with Gasteiger partial charge in [0.1, 0.15) is 18.4 Å². The third kappa shape index (κ3) is 4.23. The van der Waals surface area contributed by atoms with Crippen LogP contribution in [-0.4, -0.2) is 18.3 Å². The van der Waals surface area contributed by atoms with Gasteiger partial charge in [-0.25, -0.2) is 0 Å². The van der Waals surface area contributed by atoms with Crippen LogP contribution >= 0.6 is 0 Å². The fourth-order valence-electron chi connectivity index (χ4n) is 2.65. The van der Waals surface area contributed by atoms with E-state index in [4.69, 9.17) is 15.2 Å². The fraction of sp³-hybridized carbons (Fsp3) is 0.421. The third-order valence-corrected chi connectivity index (χ3v) is 3.96. The molecule has 1 heterocycles. The van der Waals surface area contributed by atoms with E-state index in [1.165, 1.54) is 0 Å². The van der Waals surface area contributed by atoms with E-state index in [9.17, 15) is 5.26 Å². The first-order valence-electron chi connectivity index (χ1n) is 8.20. The summed E-state index contributed by atoms with van der Waals surface area (Å²) in [5.41, 5.74) is 8.38. The Bertz CT molecular complexity index is 714. The van der Waals surface area contributed by atoms with Crippen LogP contribution in [0, 0.1) is 17.2 Å². The fourth-order valence-corrected chi connectivity index (χ4v) is 2.65. The van der Waals surface area contributed by atoms with Crippen LogP contribution in [0.15, 0.2) is 30.3 Å². The van der Waals surface area contributed by atoms with Crippen molar-refractivity contribution in [1.29, 1.82) is 5.26 Å². The van der Waals surface area contributed by atoms with E-state index in [1.807, 2.05) is 28.8 Å². The third-order valence-electron chi connectivity index (χ3n) is 3.96. The zero-order chi connectivity index (χ0) is 17.5. The van der Waals surface area contributed by atoms with E-state index in [1.54, 1.807) is 13.2 Å². The molecule has 0 atom stereocenters. The molecule has 24 heavy (non-hydrogen) atoms. The van der Waals surface area contributed by atoms with Crippen molar-refractivity contribution in [1.82, 2.24) is 4.57 Å². The summed E-state index contributed by atoms with van der Waals surface area (Å²) in [5.74, 6) is 1.98. The molecule has 0 amide bonds. The van der Waals surface area contributed by atoms with Gasteiger partial charge in [-0.2, -0.15) is 5.26 Å². The summed E-state index contributed by atoms with van der Waals surface area (Å²) in [4.78, 5) is 0. The highest BCUT2D eigenvalue weighted by Crippen LogP contribution is 2.26. The minimum absolute atomic E-state index is 0.442. The van der Waals surface area contributed by atoms with Crippen LogP contribution in [-0.2, 0) is 13.0 Å². The number of nitriles is 1. The molecule has 2 N–H and O–H groups in total. The van der Waals surface area contributed by atoms with Gasteiger partial charge in [-0.05, 0) is 37.0 Å². The Morgan fingerprint density at radius 2 is 1.96 bits per heavy atom. The molecule has 0 saturated heterocycles. The zero-order valence-corrected chi connectivity index (χ0v) is 14.6. The lowest BCUT2D eigenvalue weighted by Crippen LogP contribution is -2.14. The number of benzene rings is 1. The average molecular weight is 327 g/mol. The van der Waals surface area contributed by atoms with Gasteiger partial charge in [-0.15, -0.1) is 0 Å². The Balaban J connectivity index is 2.09. The number of rotatable bonds is 8. The molecule has 5 nitrogen and oxygen atoms in total. The van der Waals surface area contributed by atoms with Gasteiger partial charge in [0.25, 0.3) is 0 Å². The normalized spacial score (nSPS) is 10.6. The molecular formula is C19H25N3O2. The highest BCUT2D eigenvalue weighted by Gasteiger charge is 2.14. The van der Waals surface area contributed by atoms with Crippen LogP contribution in [0.1, 0.15) is 31.7 Å². The van der Waals surface area contributed by atoms with Crippen LogP contribution < -0.4 is 15.2 Å². The van der Waals surface area contributed by atoms with Gasteiger partial charge in [0, 0.05) is 5.69 Å². The summed E-state index contributed by atoms with van der Waals surface area (Å²) in [6.07, 6.45) is 1.90. The number of para-hydroxylation sites is 2. The van der Waals surface area contributed by atoms with Gasteiger partial charge in [0.15, 0.2) is 11.5 Å².